The first kappa shape index (κ1) is 11.1. The number of carbonyl (C=O) groups excluding carboxylic acids is 1. The molecule has 1 nitrogen and oxygen atoms in total. The summed E-state index contributed by atoms with van der Waals surface area (Å²) in [5.41, 5.74) is 0.299. The summed E-state index contributed by atoms with van der Waals surface area (Å²) >= 11 is 5.23. The van der Waals surface area contributed by atoms with Gasteiger partial charge in [-0.3, -0.25) is 4.79 Å². The van der Waals surface area contributed by atoms with E-state index in [1.807, 2.05) is 0 Å². The number of hydrogen-bond donors (Lipinski definition) is 0. The molecule has 1 aromatic carbocycles. The van der Waals surface area contributed by atoms with Crippen molar-refractivity contribution in [3.63, 3.8) is 0 Å². The Bertz CT molecular complexity index is 352. The summed E-state index contributed by atoms with van der Waals surface area (Å²) < 4.78 is 25.6. The molecule has 0 spiro atoms. The minimum absolute atomic E-state index is 0.189. The molecule has 0 aromatic heterocycles. The van der Waals surface area contributed by atoms with E-state index in [0.29, 0.717) is 5.56 Å². The van der Waals surface area contributed by atoms with Crippen LogP contribution in [0.15, 0.2) is 18.2 Å². The van der Waals surface area contributed by atoms with E-state index in [1.165, 1.54) is 6.07 Å². The Morgan fingerprint density at radius 3 is 2.64 bits per heavy atom. The highest BCUT2D eigenvalue weighted by Crippen LogP contribution is 2.15. The molecule has 0 bridgehead atoms. The molecule has 0 saturated carbocycles. The van der Waals surface area contributed by atoms with Crippen LogP contribution in [-0.2, 0) is 11.2 Å². The van der Waals surface area contributed by atoms with Crippen molar-refractivity contribution in [1.82, 2.24) is 0 Å². The van der Waals surface area contributed by atoms with Crippen LogP contribution >= 0.6 is 11.6 Å². The Labute approximate surface area is 85.7 Å². The van der Waals surface area contributed by atoms with Gasteiger partial charge in [-0.1, -0.05) is 13.0 Å². The predicted molar refractivity (Wildman–Crippen MR) is 50.1 cm³/mol. The van der Waals surface area contributed by atoms with Crippen LogP contribution in [0.1, 0.15) is 12.5 Å². The highest BCUT2D eigenvalue weighted by molar-refractivity contribution is 6.63. The smallest absolute Gasteiger partial charge is 0.224 e. The van der Waals surface area contributed by atoms with Crippen LogP contribution in [-0.4, -0.2) is 5.24 Å². The zero-order valence-corrected chi connectivity index (χ0v) is 8.31. The molecule has 1 unspecified atom stereocenters. The number of carbonyl (C=O) groups is 1. The fourth-order valence-corrected chi connectivity index (χ4v) is 1.17. The Balaban J connectivity index is 2.82. The minimum atomic E-state index is -0.644. The van der Waals surface area contributed by atoms with Gasteiger partial charge in [0.25, 0.3) is 0 Å². The van der Waals surface area contributed by atoms with Crippen molar-refractivity contribution in [2.45, 2.75) is 13.3 Å². The zero-order valence-electron chi connectivity index (χ0n) is 7.56. The molecule has 0 radical (unpaired) electrons. The number of hydrogen-bond acceptors (Lipinski definition) is 1. The summed E-state index contributed by atoms with van der Waals surface area (Å²) in [5, 5.41) is -0.520. The third-order valence-corrected chi connectivity index (χ3v) is 2.30. The van der Waals surface area contributed by atoms with Crippen LogP contribution in [0.4, 0.5) is 8.78 Å². The van der Waals surface area contributed by atoms with E-state index in [0.717, 1.165) is 12.1 Å². The van der Waals surface area contributed by atoms with E-state index in [9.17, 15) is 13.6 Å². The highest BCUT2D eigenvalue weighted by Gasteiger charge is 2.13. The molecule has 1 atom stereocenters. The van der Waals surface area contributed by atoms with E-state index < -0.39 is 22.8 Å². The van der Waals surface area contributed by atoms with Crippen LogP contribution in [0, 0.1) is 17.6 Å². The average molecular weight is 219 g/mol. The molecule has 0 heterocycles. The summed E-state index contributed by atoms with van der Waals surface area (Å²) in [5.74, 6) is -1.73. The van der Waals surface area contributed by atoms with Gasteiger partial charge >= 0.3 is 0 Å². The largest absolute Gasteiger partial charge is 0.281 e. The minimum Gasteiger partial charge on any atom is -0.281 e. The molecule has 14 heavy (non-hydrogen) atoms. The Morgan fingerprint density at radius 1 is 1.50 bits per heavy atom. The monoisotopic (exact) mass is 218 g/mol. The lowest BCUT2D eigenvalue weighted by Crippen LogP contribution is -2.08. The van der Waals surface area contributed by atoms with Crippen LogP contribution in [0.3, 0.4) is 0 Å². The second kappa shape index (κ2) is 4.51. The maximum atomic E-state index is 13.1. The maximum Gasteiger partial charge on any atom is 0.224 e. The van der Waals surface area contributed by atoms with Crippen LogP contribution in [0.25, 0.3) is 0 Å². The maximum absolute atomic E-state index is 13.1. The fraction of sp³-hybridized carbons (Fsp3) is 0.300. The first-order valence-electron chi connectivity index (χ1n) is 4.14. The molecule has 4 heteroatoms. The average Bonchev–Trinajstić information content (AvgIpc) is 2.09. The van der Waals surface area contributed by atoms with Crippen LogP contribution < -0.4 is 0 Å². The lowest BCUT2D eigenvalue weighted by molar-refractivity contribution is -0.114. The molecule has 0 aliphatic rings. The molecular formula is C10H9ClF2O. The lowest BCUT2D eigenvalue weighted by Gasteiger charge is -2.06. The van der Waals surface area contributed by atoms with Crippen molar-refractivity contribution in [3.05, 3.63) is 35.4 Å². The molecule has 1 rings (SSSR count). The van der Waals surface area contributed by atoms with Gasteiger partial charge in [0.05, 0.1) is 0 Å². The van der Waals surface area contributed by atoms with Gasteiger partial charge < -0.3 is 0 Å². The Kier molecular flexibility index (Phi) is 3.58. The molecule has 0 fully saturated rings. The van der Waals surface area contributed by atoms with Crippen molar-refractivity contribution in [3.8, 4) is 0 Å². The number of rotatable bonds is 3. The third kappa shape index (κ3) is 2.77. The number of halogens is 3. The van der Waals surface area contributed by atoms with Crippen molar-refractivity contribution < 1.29 is 13.6 Å². The summed E-state index contributed by atoms with van der Waals surface area (Å²) in [6.07, 6.45) is 0.189. The van der Waals surface area contributed by atoms with E-state index in [2.05, 4.69) is 0 Å². The normalized spacial score (nSPS) is 12.6. The standard InChI is InChI=1S/C10H9ClF2O/c1-6(10(11)14)4-7-2-3-8(12)5-9(7)13/h2-3,5-6H,4H2,1H3. The summed E-state index contributed by atoms with van der Waals surface area (Å²) in [7, 11) is 0. The van der Waals surface area contributed by atoms with Gasteiger partial charge in [0.15, 0.2) is 0 Å². The lowest BCUT2D eigenvalue weighted by atomic mass is 10.0. The van der Waals surface area contributed by atoms with E-state index >= 15 is 0 Å². The predicted octanol–water partition coefficient (Wildman–Crippen LogP) is 2.91. The van der Waals surface area contributed by atoms with Gasteiger partial charge in [-0.15, -0.1) is 0 Å². The molecule has 0 amide bonds. The van der Waals surface area contributed by atoms with E-state index in [1.54, 1.807) is 6.92 Å². The van der Waals surface area contributed by atoms with Crippen molar-refractivity contribution in [2.75, 3.05) is 0 Å². The highest BCUT2D eigenvalue weighted by atomic mass is 35.5. The molecule has 1 aromatic rings. The van der Waals surface area contributed by atoms with E-state index in [-0.39, 0.29) is 6.42 Å². The van der Waals surface area contributed by atoms with Gasteiger partial charge in [0, 0.05) is 12.0 Å². The van der Waals surface area contributed by atoms with Gasteiger partial charge in [-0.25, -0.2) is 8.78 Å². The topological polar surface area (TPSA) is 17.1 Å². The third-order valence-electron chi connectivity index (χ3n) is 1.93. The van der Waals surface area contributed by atoms with Gasteiger partial charge in [-0.05, 0) is 29.7 Å². The number of benzene rings is 1. The van der Waals surface area contributed by atoms with Crippen molar-refractivity contribution in [1.29, 1.82) is 0 Å². The van der Waals surface area contributed by atoms with E-state index in [4.69, 9.17) is 11.6 Å². The van der Waals surface area contributed by atoms with Crippen LogP contribution in [0.2, 0.25) is 0 Å². The van der Waals surface area contributed by atoms with Crippen LogP contribution in [0.5, 0.6) is 0 Å². The second-order valence-corrected chi connectivity index (χ2v) is 3.52. The summed E-state index contributed by atoms with van der Waals surface area (Å²) in [6, 6.07) is 3.27. The van der Waals surface area contributed by atoms with Gasteiger partial charge in [0.1, 0.15) is 11.6 Å². The molecule has 0 saturated heterocycles. The molecular weight excluding hydrogens is 210 g/mol. The SMILES string of the molecule is CC(Cc1ccc(F)cc1F)C(=O)Cl. The zero-order chi connectivity index (χ0) is 10.7. The van der Waals surface area contributed by atoms with Gasteiger partial charge in [0.2, 0.25) is 5.24 Å². The first-order chi connectivity index (χ1) is 6.50. The second-order valence-electron chi connectivity index (χ2n) is 3.15. The summed E-state index contributed by atoms with van der Waals surface area (Å²) in [6.45, 7) is 1.60. The van der Waals surface area contributed by atoms with Crippen molar-refractivity contribution >= 4 is 16.8 Å². The van der Waals surface area contributed by atoms with Crippen molar-refractivity contribution in [2.24, 2.45) is 5.92 Å². The molecule has 0 aliphatic carbocycles. The Morgan fingerprint density at radius 2 is 2.14 bits per heavy atom. The fourth-order valence-electron chi connectivity index (χ4n) is 1.10. The first-order valence-corrected chi connectivity index (χ1v) is 4.51. The van der Waals surface area contributed by atoms with Gasteiger partial charge in [-0.2, -0.15) is 0 Å². The Hall–Kier alpha value is -0.960. The quantitative estimate of drug-likeness (QED) is 0.713. The molecule has 0 aliphatic heterocycles. The molecule has 76 valence electrons. The molecule has 0 N–H and O–H groups in total. The summed E-state index contributed by atoms with van der Waals surface area (Å²) in [4.78, 5) is 10.7.